The van der Waals surface area contributed by atoms with Gasteiger partial charge in [0, 0.05) is 60.8 Å². The van der Waals surface area contributed by atoms with E-state index < -0.39 is 11.7 Å². The van der Waals surface area contributed by atoms with Gasteiger partial charge in [-0.2, -0.15) is 0 Å². The number of nitrogens with one attached hydrogen (secondary N) is 2. The fourth-order valence-corrected chi connectivity index (χ4v) is 5.60. The normalized spacial score (nSPS) is 17.7. The Morgan fingerprint density at radius 1 is 0.821 bits per heavy atom. The number of halogens is 1. The summed E-state index contributed by atoms with van der Waals surface area (Å²) in [6.07, 6.45) is 4.07. The van der Waals surface area contributed by atoms with Crippen LogP contribution in [-0.4, -0.2) is 34.5 Å². The van der Waals surface area contributed by atoms with Crippen LogP contribution in [0, 0.1) is 11.7 Å². The van der Waals surface area contributed by atoms with Crippen molar-refractivity contribution < 1.29 is 14.0 Å². The van der Waals surface area contributed by atoms with E-state index in [1.54, 1.807) is 60.9 Å². The Hall–Kier alpha value is -4.79. The molecule has 39 heavy (non-hydrogen) atoms. The van der Waals surface area contributed by atoms with E-state index in [2.05, 4.69) is 20.5 Å². The summed E-state index contributed by atoms with van der Waals surface area (Å²) >= 11 is 0. The lowest BCUT2D eigenvalue weighted by atomic mass is 9.83. The molecule has 0 spiro atoms. The van der Waals surface area contributed by atoms with Crippen LogP contribution >= 0.6 is 0 Å². The van der Waals surface area contributed by atoms with Gasteiger partial charge >= 0.3 is 0 Å². The molecule has 6 rings (SSSR count). The highest BCUT2D eigenvalue weighted by Gasteiger charge is 2.35. The predicted molar refractivity (Wildman–Crippen MR) is 147 cm³/mol. The topological polar surface area (TPSA) is 96.3 Å². The van der Waals surface area contributed by atoms with Crippen molar-refractivity contribution in [3.8, 4) is 0 Å². The first-order chi connectivity index (χ1) is 19.0. The Bertz CT molecular complexity index is 1620. The van der Waals surface area contributed by atoms with Gasteiger partial charge in [-0.05, 0) is 60.9 Å². The van der Waals surface area contributed by atoms with E-state index in [0.717, 1.165) is 17.8 Å². The standard InChI is InChI=1S/C30H26FN5O3/c31-23-4-1-2-5-24(23)33-30(39)21-8-9-27(25(15-21)34-29(38)20-10-12-32-13-11-20)35-16-19-14-22(18-35)26-6-3-7-28(37)36(26)17-19/h1-13,15,19,22H,14,16-18H2,(H,33,39)(H,34,38). The second-order valence-electron chi connectivity index (χ2n) is 9.96. The molecule has 8 nitrogen and oxygen atoms in total. The number of rotatable bonds is 5. The highest BCUT2D eigenvalue weighted by Crippen LogP contribution is 2.39. The number of nitrogens with zero attached hydrogens (tertiary/aromatic N) is 3. The van der Waals surface area contributed by atoms with Crippen molar-refractivity contribution >= 4 is 28.9 Å². The smallest absolute Gasteiger partial charge is 0.255 e. The molecule has 4 aromatic rings. The summed E-state index contributed by atoms with van der Waals surface area (Å²) in [6, 6.07) is 19.7. The van der Waals surface area contributed by atoms with Crippen LogP contribution in [0.4, 0.5) is 21.5 Å². The second kappa shape index (κ2) is 10.2. The number of benzene rings is 2. The number of hydrogen-bond donors (Lipinski definition) is 2. The minimum atomic E-state index is -0.534. The quantitative estimate of drug-likeness (QED) is 0.401. The van der Waals surface area contributed by atoms with Gasteiger partial charge in [0.1, 0.15) is 5.82 Å². The molecule has 2 aliphatic heterocycles. The number of para-hydroxylation sites is 1. The van der Waals surface area contributed by atoms with Crippen molar-refractivity contribution in [2.75, 3.05) is 28.6 Å². The molecule has 196 valence electrons. The molecular formula is C30H26FN5O3. The van der Waals surface area contributed by atoms with E-state index in [9.17, 15) is 18.8 Å². The third-order valence-corrected chi connectivity index (χ3v) is 7.39. The van der Waals surface area contributed by atoms with E-state index in [-0.39, 0.29) is 34.6 Å². The van der Waals surface area contributed by atoms with Gasteiger partial charge in [-0.15, -0.1) is 0 Å². The molecule has 2 aliphatic rings. The average molecular weight is 524 g/mol. The lowest BCUT2D eigenvalue weighted by Crippen LogP contribution is -2.47. The lowest BCUT2D eigenvalue weighted by Gasteiger charge is -2.44. The predicted octanol–water partition coefficient (Wildman–Crippen LogP) is 4.51. The van der Waals surface area contributed by atoms with Crippen molar-refractivity contribution in [1.29, 1.82) is 0 Å². The number of carbonyl (C=O) groups excluding carboxylic acids is 2. The maximum absolute atomic E-state index is 14.1. The van der Waals surface area contributed by atoms with Crippen molar-refractivity contribution in [2.45, 2.75) is 18.9 Å². The number of fused-ring (bicyclic) bond motifs is 4. The van der Waals surface area contributed by atoms with E-state index in [1.165, 1.54) is 12.1 Å². The van der Waals surface area contributed by atoms with Gasteiger partial charge in [-0.25, -0.2) is 4.39 Å². The molecule has 2 aromatic heterocycles. The van der Waals surface area contributed by atoms with Crippen LogP contribution in [-0.2, 0) is 6.54 Å². The Morgan fingerprint density at radius 2 is 1.59 bits per heavy atom. The van der Waals surface area contributed by atoms with Gasteiger partial charge in [0.15, 0.2) is 0 Å². The van der Waals surface area contributed by atoms with Crippen molar-refractivity contribution in [3.05, 3.63) is 118 Å². The number of carbonyl (C=O) groups is 2. The van der Waals surface area contributed by atoms with Crippen molar-refractivity contribution in [1.82, 2.24) is 9.55 Å². The van der Waals surface area contributed by atoms with E-state index in [1.807, 2.05) is 16.7 Å². The molecule has 2 N–H and O–H groups in total. The number of pyridine rings is 2. The number of piperidine rings is 1. The zero-order valence-electron chi connectivity index (χ0n) is 21.0. The minimum Gasteiger partial charge on any atom is -0.369 e. The van der Waals surface area contributed by atoms with Crippen LogP contribution in [0.15, 0.2) is 90.0 Å². The van der Waals surface area contributed by atoms with E-state index in [0.29, 0.717) is 30.9 Å². The summed E-state index contributed by atoms with van der Waals surface area (Å²) in [7, 11) is 0. The lowest BCUT2D eigenvalue weighted by molar-refractivity contribution is 0.101. The highest BCUT2D eigenvalue weighted by atomic mass is 19.1. The first-order valence-corrected chi connectivity index (χ1v) is 12.8. The molecule has 0 radical (unpaired) electrons. The van der Waals surface area contributed by atoms with Gasteiger partial charge in [0.25, 0.3) is 17.4 Å². The summed E-state index contributed by atoms with van der Waals surface area (Å²) in [5, 5.41) is 5.58. The van der Waals surface area contributed by atoms with Crippen LogP contribution in [0.5, 0.6) is 0 Å². The molecule has 2 aromatic carbocycles. The largest absolute Gasteiger partial charge is 0.369 e. The first-order valence-electron chi connectivity index (χ1n) is 12.8. The van der Waals surface area contributed by atoms with Crippen LogP contribution in [0.2, 0.25) is 0 Å². The van der Waals surface area contributed by atoms with Gasteiger partial charge < -0.3 is 20.1 Å². The Labute approximate surface area is 224 Å². The van der Waals surface area contributed by atoms with Crippen molar-refractivity contribution in [2.24, 2.45) is 5.92 Å². The number of hydrogen-bond acceptors (Lipinski definition) is 5. The summed E-state index contributed by atoms with van der Waals surface area (Å²) in [5.41, 5.74) is 3.08. The third kappa shape index (κ3) is 4.90. The fraction of sp³-hybridized carbons (Fsp3) is 0.200. The molecule has 1 saturated heterocycles. The van der Waals surface area contributed by atoms with Crippen LogP contribution in [0.25, 0.3) is 0 Å². The van der Waals surface area contributed by atoms with Crippen LogP contribution < -0.4 is 21.1 Å². The molecule has 2 bridgehead atoms. The summed E-state index contributed by atoms with van der Waals surface area (Å²) < 4.78 is 16.0. The summed E-state index contributed by atoms with van der Waals surface area (Å²) in [4.78, 5) is 44.8. The average Bonchev–Trinajstić information content (AvgIpc) is 2.95. The third-order valence-electron chi connectivity index (χ3n) is 7.39. The van der Waals surface area contributed by atoms with Crippen molar-refractivity contribution in [3.63, 3.8) is 0 Å². The molecule has 4 heterocycles. The zero-order valence-corrected chi connectivity index (χ0v) is 21.0. The molecule has 2 atom stereocenters. The molecule has 2 unspecified atom stereocenters. The molecule has 0 saturated carbocycles. The number of amides is 2. The number of anilines is 3. The van der Waals surface area contributed by atoms with Gasteiger partial charge in [-0.1, -0.05) is 18.2 Å². The minimum absolute atomic E-state index is 0.0196. The van der Waals surface area contributed by atoms with E-state index in [4.69, 9.17) is 0 Å². The van der Waals surface area contributed by atoms with Gasteiger partial charge in [0.2, 0.25) is 0 Å². The maximum atomic E-state index is 14.1. The molecule has 0 aliphatic carbocycles. The van der Waals surface area contributed by atoms with Crippen LogP contribution in [0.1, 0.15) is 38.7 Å². The second-order valence-corrected chi connectivity index (χ2v) is 9.96. The first kappa shape index (κ1) is 24.5. The molecule has 9 heteroatoms. The van der Waals surface area contributed by atoms with Gasteiger partial charge in [0.05, 0.1) is 17.1 Å². The van der Waals surface area contributed by atoms with Gasteiger partial charge in [-0.3, -0.25) is 19.4 Å². The summed E-state index contributed by atoms with van der Waals surface area (Å²) in [6.45, 7) is 2.01. The highest BCUT2D eigenvalue weighted by molar-refractivity contribution is 6.09. The maximum Gasteiger partial charge on any atom is 0.255 e. The Balaban J connectivity index is 1.33. The Morgan fingerprint density at radius 3 is 2.41 bits per heavy atom. The SMILES string of the molecule is O=C(Nc1ccccc1F)c1ccc(N2CC3CC(C2)c2cccc(=O)n2C3)c(NC(=O)c2ccncc2)c1. The molecule has 1 fully saturated rings. The number of aromatic nitrogens is 2. The molecular weight excluding hydrogens is 497 g/mol. The van der Waals surface area contributed by atoms with Crippen LogP contribution in [0.3, 0.4) is 0 Å². The Kier molecular flexibility index (Phi) is 6.40. The monoisotopic (exact) mass is 523 g/mol. The zero-order chi connectivity index (χ0) is 26.9. The molecule has 2 amide bonds. The van der Waals surface area contributed by atoms with E-state index >= 15 is 0 Å². The summed E-state index contributed by atoms with van der Waals surface area (Å²) in [5.74, 6) is -0.925. The fourth-order valence-electron chi connectivity index (χ4n) is 5.60.